The average Bonchev–Trinajstić information content (AvgIpc) is 2.37. The van der Waals surface area contributed by atoms with Crippen LogP contribution in [-0.4, -0.2) is 21.5 Å². The van der Waals surface area contributed by atoms with Gasteiger partial charge in [0.15, 0.2) is 5.16 Å². The minimum absolute atomic E-state index is 0.0588. The quantitative estimate of drug-likeness (QED) is 0.622. The zero-order chi connectivity index (χ0) is 12.1. The smallest absolute Gasteiger partial charge is 0.251 e. The van der Waals surface area contributed by atoms with Gasteiger partial charge in [-0.3, -0.25) is 9.78 Å². The van der Waals surface area contributed by atoms with Crippen LogP contribution < -0.4 is 11.3 Å². The van der Waals surface area contributed by atoms with Crippen LogP contribution in [-0.2, 0) is 0 Å². The van der Waals surface area contributed by atoms with Gasteiger partial charge in [-0.25, -0.2) is 4.98 Å². The van der Waals surface area contributed by atoms with E-state index in [1.165, 1.54) is 24.0 Å². The van der Waals surface area contributed by atoms with E-state index in [1.54, 1.807) is 12.4 Å². The molecule has 2 rings (SSSR count). The van der Waals surface area contributed by atoms with Crippen LogP contribution in [0.2, 0.25) is 0 Å². The van der Waals surface area contributed by atoms with Crippen molar-refractivity contribution in [1.82, 2.24) is 15.0 Å². The van der Waals surface area contributed by atoms with Gasteiger partial charge in [0.1, 0.15) is 0 Å². The molecule has 2 heterocycles. The van der Waals surface area contributed by atoms with E-state index in [4.69, 9.17) is 5.73 Å². The molecule has 5 nitrogen and oxygen atoms in total. The minimum Gasteiger partial charge on any atom is -0.329 e. The van der Waals surface area contributed by atoms with E-state index in [9.17, 15) is 4.79 Å². The van der Waals surface area contributed by atoms with Crippen molar-refractivity contribution in [2.24, 2.45) is 5.73 Å². The maximum Gasteiger partial charge on any atom is 0.251 e. The number of nitrogens with one attached hydrogen (secondary N) is 1. The molecule has 1 atom stereocenters. The van der Waals surface area contributed by atoms with Gasteiger partial charge in [-0.2, -0.15) is 0 Å². The predicted molar refractivity (Wildman–Crippen MR) is 66.7 cm³/mol. The number of rotatable bonds is 4. The van der Waals surface area contributed by atoms with Crippen molar-refractivity contribution in [1.29, 1.82) is 0 Å². The summed E-state index contributed by atoms with van der Waals surface area (Å²) in [5.74, 6) is 0. The number of pyridine rings is 1. The van der Waals surface area contributed by atoms with E-state index in [0.717, 1.165) is 5.56 Å². The van der Waals surface area contributed by atoms with Gasteiger partial charge < -0.3 is 10.7 Å². The Morgan fingerprint density at radius 3 is 2.71 bits per heavy atom. The second-order valence-corrected chi connectivity index (χ2v) is 4.55. The summed E-state index contributed by atoms with van der Waals surface area (Å²) in [6.45, 7) is 0.466. The number of H-pyrrole nitrogens is 1. The monoisotopic (exact) mass is 248 g/mol. The first-order chi connectivity index (χ1) is 8.29. The molecule has 0 saturated carbocycles. The van der Waals surface area contributed by atoms with Crippen molar-refractivity contribution < 1.29 is 0 Å². The standard InChI is InChI=1S/C11H12N4OS/c12-7-9(8-1-4-13-5-2-8)17-11-14-6-3-10(16)15-11/h1-6,9H,7,12H2,(H,14,15,16). The largest absolute Gasteiger partial charge is 0.329 e. The van der Waals surface area contributed by atoms with Crippen molar-refractivity contribution in [3.05, 3.63) is 52.7 Å². The summed E-state index contributed by atoms with van der Waals surface area (Å²) in [5.41, 5.74) is 6.64. The normalized spacial score (nSPS) is 12.3. The molecule has 17 heavy (non-hydrogen) atoms. The SMILES string of the molecule is NCC(Sc1nccc(=O)[nH]1)c1ccncc1. The van der Waals surface area contributed by atoms with Gasteiger partial charge in [0, 0.05) is 36.5 Å². The number of nitrogens with two attached hydrogens (primary N) is 1. The summed E-state index contributed by atoms with van der Waals surface area (Å²) >= 11 is 1.44. The first-order valence-corrected chi connectivity index (χ1v) is 5.99. The molecule has 3 N–H and O–H groups in total. The Balaban J connectivity index is 2.19. The molecule has 88 valence electrons. The van der Waals surface area contributed by atoms with E-state index in [-0.39, 0.29) is 10.8 Å². The van der Waals surface area contributed by atoms with Crippen LogP contribution in [0.25, 0.3) is 0 Å². The van der Waals surface area contributed by atoms with E-state index in [0.29, 0.717) is 11.7 Å². The molecule has 0 amide bonds. The Morgan fingerprint density at radius 1 is 1.29 bits per heavy atom. The van der Waals surface area contributed by atoms with E-state index < -0.39 is 0 Å². The molecule has 0 aliphatic carbocycles. The number of aromatic amines is 1. The van der Waals surface area contributed by atoms with Gasteiger partial charge in [-0.1, -0.05) is 11.8 Å². The molecule has 0 bridgehead atoms. The number of aromatic nitrogens is 3. The van der Waals surface area contributed by atoms with E-state index >= 15 is 0 Å². The Labute approximate surface area is 103 Å². The zero-order valence-electron chi connectivity index (χ0n) is 9.04. The van der Waals surface area contributed by atoms with Gasteiger partial charge in [0.05, 0.1) is 0 Å². The molecular weight excluding hydrogens is 236 g/mol. The van der Waals surface area contributed by atoms with Crippen molar-refractivity contribution in [3.63, 3.8) is 0 Å². The fourth-order valence-corrected chi connectivity index (χ4v) is 2.32. The summed E-state index contributed by atoms with van der Waals surface area (Å²) in [4.78, 5) is 21.9. The third-order valence-corrected chi connectivity index (χ3v) is 3.37. The van der Waals surface area contributed by atoms with Crippen molar-refractivity contribution in [3.8, 4) is 0 Å². The lowest BCUT2D eigenvalue weighted by Gasteiger charge is -2.13. The van der Waals surface area contributed by atoms with Crippen LogP contribution in [0.1, 0.15) is 10.8 Å². The molecule has 0 aliphatic rings. The second-order valence-electron chi connectivity index (χ2n) is 3.36. The highest BCUT2D eigenvalue weighted by molar-refractivity contribution is 7.99. The fraction of sp³-hybridized carbons (Fsp3) is 0.182. The first kappa shape index (κ1) is 11.8. The summed E-state index contributed by atoms with van der Waals surface area (Å²) in [6.07, 6.45) is 4.93. The van der Waals surface area contributed by atoms with Crippen LogP contribution in [0.5, 0.6) is 0 Å². The number of nitrogens with zero attached hydrogens (tertiary/aromatic N) is 2. The van der Waals surface area contributed by atoms with Gasteiger partial charge >= 0.3 is 0 Å². The zero-order valence-corrected chi connectivity index (χ0v) is 9.85. The Morgan fingerprint density at radius 2 is 2.06 bits per heavy atom. The summed E-state index contributed by atoms with van der Waals surface area (Å²) in [5, 5.41) is 0.633. The molecule has 0 aromatic carbocycles. The predicted octanol–water partition coefficient (Wildman–Crippen LogP) is 0.957. The highest BCUT2D eigenvalue weighted by atomic mass is 32.2. The van der Waals surface area contributed by atoms with Gasteiger partial charge in [0.25, 0.3) is 5.56 Å². The molecule has 6 heteroatoms. The maximum absolute atomic E-state index is 11.1. The molecule has 0 radical (unpaired) electrons. The topological polar surface area (TPSA) is 84.7 Å². The minimum atomic E-state index is -0.159. The van der Waals surface area contributed by atoms with E-state index in [1.807, 2.05) is 12.1 Å². The van der Waals surface area contributed by atoms with Crippen molar-refractivity contribution in [2.45, 2.75) is 10.4 Å². The van der Waals surface area contributed by atoms with Crippen LogP contribution in [0.4, 0.5) is 0 Å². The Kier molecular flexibility index (Phi) is 3.89. The number of hydrogen-bond donors (Lipinski definition) is 2. The molecule has 1 unspecified atom stereocenters. The van der Waals surface area contributed by atoms with Gasteiger partial charge in [-0.15, -0.1) is 0 Å². The summed E-state index contributed by atoms with van der Waals surface area (Å²) in [7, 11) is 0. The lowest BCUT2D eigenvalue weighted by Crippen LogP contribution is -2.12. The molecular formula is C11H12N4OS. The summed E-state index contributed by atoms with van der Waals surface area (Å²) in [6, 6.07) is 5.20. The van der Waals surface area contributed by atoms with Crippen molar-refractivity contribution in [2.75, 3.05) is 6.54 Å². The molecule has 0 fully saturated rings. The highest BCUT2D eigenvalue weighted by Gasteiger charge is 2.12. The van der Waals surface area contributed by atoms with Gasteiger partial charge in [-0.05, 0) is 17.7 Å². The Hall–Kier alpha value is -1.66. The van der Waals surface area contributed by atoms with E-state index in [2.05, 4.69) is 15.0 Å². The lowest BCUT2D eigenvalue weighted by molar-refractivity contribution is 0.895. The molecule has 0 spiro atoms. The summed E-state index contributed by atoms with van der Waals surface area (Å²) < 4.78 is 0. The maximum atomic E-state index is 11.1. The molecule has 2 aromatic heterocycles. The first-order valence-electron chi connectivity index (χ1n) is 5.11. The lowest BCUT2D eigenvalue weighted by atomic mass is 10.2. The van der Waals surface area contributed by atoms with Crippen LogP contribution >= 0.6 is 11.8 Å². The fourth-order valence-electron chi connectivity index (χ4n) is 1.38. The second kappa shape index (κ2) is 5.60. The number of hydrogen-bond acceptors (Lipinski definition) is 5. The highest BCUT2D eigenvalue weighted by Crippen LogP contribution is 2.31. The van der Waals surface area contributed by atoms with Crippen LogP contribution in [0.15, 0.2) is 46.7 Å². The Bertz CT molecular complexity index is 528. The average molecular weight is 248 g/mol. The molecule has 2 aromatic rings. The number of thioether (sulfide) groups is 1. The third kappa shape index (κ3) is 3.15. The molecule has 0 aliphatic heterocycles. The van der Waals surface area contributed by atoms with Crippen LogP contribution in [0, 0.1) is 0 Å². The third-order valence-electron chi connectivity index (χ3n) is 2.19. The van der Waals surface area contributed by atoms with Crippen LogP contribution in [0.3, 0.4) is 0 Å². The molecule has 0 saturated heterocycles. The van der Waals surface area contributed by atoms with Crippen molar-refractivity contribution >= 4 is 11.8 Å². The van der Waals surface area contributed by atoms with Gasteiger partial charge in [0.2, 0.25) is 0 Å².